The number of hydrogen-bond donors (Lipinski definition) is 1. The van der Waals surface area contributed by atoms with Crippen molar-refractivity contribution in [2.45, 2.75) is 46.1 Å². The number of piperidine rings is 1. The molecule has 0 spiro atoms. The Kier molecular flexibility index (Phi) is 4.99. The molecule has 1 aromatic heterocycles. The molecule has 1 aliphatic rings. The zero-order valence-corrected chi connectivity index (χ0v) is 12.7. The molecule has 0 saturated carbocycles. The maximum atomic E-state index is 11.7. The van der Waals surface area contributed by atoms with Crippen molar-refractivity contribution in [3.05, 3.63) is 23.9 Å². The van der Waals surface area contributed by atoms with Crippen LogP contribution < -0.4 is 5.32 Å². The lowest BCUT2D eigenvalue weighted by molar-refractivity contribution is -0.132. The molecule has 1 amide bonds. The summed E-state index contributed by atoms with van der Waals surface area (Å²) in [6.07, 6.45) is 5.24. The van der Waals surface area contributed by atoms with Gasteiger partial charge in [-0.1, -0.05) is 19.9 Å². The van der Waals surface area contributed by atoms with Crippen molar-refractivity contribution in [2.75, 3.05) is 18.4 Å². The topological polar surface area (TPSA) is 45.2 Å². The minimum atomic E-state index is 0.164. The van der Waals surface area contributed by atoms with Crippen LogP contribution in [0.1, 0.15) is 51.6 Å². The Labute approximate surface area is 121 Å². The van der Waals surface area contributed by atoms with Crippen LogP contribution in [0.5, 0.6) is 0 Å². The maximum Gasteiger partial charge on any atom is 0.219 e. The van der Waals surface area contributed by atoms with Crippen LogP contribution in [0.4, 0.5) is 5.82 Å². The van der Waals surface area contributed by atoms with Crippen LogP contribution in [0.2, 0.25) is 0 Å². The molecule has 0 bridgehead atoms. The Balaban J connectivity index is 2.06. The first-order valence-electron chi connectivity index (χ1n) is 7.55. The standard InChI is InChI=1S/C16H25N3O/c1-12(2)10-17-16-8-7-14(11-18-16)15-6-4-5-9-19(15)13(3)20/h7-8,11-12,15H,4-6,9-10H2,1-3H3,(H,17,18)/t15-/m0/s1. The van der Waals surface area contributed by atoms with Gasteiger partial charge in [0.1, 0.15) is 5.82 Å². The third-order valence-electron chi connectivity index (χ3n) is 3.77. The summed E-state index contributed by atoms with van der Waals surface area (Å²) in [6.45, 7) is 7.80. The van der Waals surface area contributed by atoms with Gasteiger partial charge in [-0.25, -0.2) is 4.98 Å². The van der Waals surface area contributed by atoms with Crippen molar-refractivity contribution >= 4 is 11.7 Å². The van der Waals surface area contributed by atoms with E-state index in [0.717, 1.165) is 37.3 Å². The predicted octanol–water partition coefficient (Wildman–Crippen LogP) is 3.22. The Morgan fingerprint density at radius 1 is 1.45 bits per heavy atom. The Hall–Kier alpha value is -1.58. The molecular weight excluding hydrogens is 250 g/mol. The molecule has 4 heteroatoms. The van der Waals surface area contributed by atoms with Gasteiger partial charge >= 0.3 is 0 Å². The van der Waals surface area contributed by atoms with Gasteiger partial charge in [0.25, 0.3) is 0 Å². The molecule has 1 fully saturated rings. The molecule has 0 aromatic carbocycles. The second kappa shape index (κ2) is 6.73. The molecule has 1 N–H and O–H groups in total. The molecule has 0 unspecified atom stereocenters. The molecule has 110 valence electrons. The van der Waals surface area contributed by atoms with Gasteiger partial charge in [-0.3, -0.25) is 4.79 Å². The third kappa shape index (κ3) is 3.71. The van der Waals surface area contributed by atoms with Gasteiger partial charge in [0.05, 0.1) is 6.04 Å². The number of nitrogens with one attached hydrogen (secondary N) is 1. The fourth-order valence-corrected chi connectivity index (χ4v) is 2.67. The second-order valence-electron chi connectivity index (χ2n) is 5.98. The van der Waals surface area contributed by atoms with Crippen LogP contribution in [-0.4, -0.2) is 28.9 Å². The number of rotatable bonds is 4. The Morgan fingerprint density at radius 2 is 2.25 bits per heavy atom. The maximum absolute atomic E-state index is 11.7. The number of aromatic nitrogens is 1. The molecule has 1 aromatic rings. The van der Waals surface area contributed by atoms with E-state index in [2.05, 4.69) is 30.2 Å². The zero-order chi connectivity index (χ0) is 14.5. The highest BCUT2D eigenvalue weighted by Gasteiger charge is 2.25. The second-order valence-corrected chi connectivity index (χ2v) is 5.98. The first-order valence-corrected chi connectivity index (χ1v) is 7.55. The van der Waals surface area contributed by atoms with Crippen LogP contribution in [0.25, 0.3) is 0 Å². The van der Waals surface area contributed by atoms with Crippen LogP contribution in [0.3, 0.4) is 0 Å². The van der Waals surface area contributed by atoms with E-state index in [1.54, 1.807) is 6.92 Å². The fraction of sp³-hybridized carbons (Fsp3) is 0.625. The summed E-state index contributed by atoms with van der Waals surface area (Å²) in [5, 5.41) is 3.32. The SMILES string of the molecule is CC(=O)N1CCCC[C@H]1c1ccc(NCC(C)C)nc1. The van der Waals surface area contributed by atoms with E-state index >= 15 is 0 Å². The van der Waals surface area contributed by atoms with Crippen molar-refractivity contribution < 1.29 is 4.79 Å². The van der Waals surface area contributed by atoms with E-state index in [4.69, 9.17) is 0 Å². The lowest BCUT2D eigenvalue weighted by Gasteiger charge is -2.35. The number of pyridine rings is 1. The molecule has 2 heterocycles. The van der Waals surface area contributed by atoms with Gasteiger partial charge in [0.15, 0.2) is 0 Å². The number of carbonyl (C=O) groups excluding carboxylic acids is 1. The highest BCUT2D eigenvalue weighted by molar-refractivity contribution is 5.74. The summed E-state index contributed by atoms with van der Waals surface area (Å²) in [4.78, 5) is 18.2. The molecular formula is C16H25N3O. The first kappa shape index (κ1) is 14.8. The number of anilines is 1. The lowest BCUT2D eigenvalue weighted by atomic mass is 9.96. The van der Waals surface area contributed by atoms with Crippen molar-refractivity contribution in [3.63, 3.8) is 0 Å². The molecule has 0 aliphatic carbocycles. The highest BCUT2D eigenvalue weighted by atomic mass is 16.2. The normalized spacial score (nSPS) is 19.2. The van der Waals surface area contributed by atoms with E-state index in [9.17, 15) is 4.79 Å². The average molecular weight is 275 g/mol. The molecule has 20 heavy (non-hydrogen) atoms. The highest BCUT2D eigenvalue weighted by Crippen LogP contribution is 2.30. The van der Waals surface area contributed by atoms with Crippen molar-refractivity contribution in [3.8, 4) is 0 Å². The number of hydrogen-bond acceptors (Lipinski definition) is 3. The van der Waals surface area contributed by atoms with Gasteiger partial charge in [-0.2, -0.15) is 0 Å². The summed E-state index contributed by atoms with van der Waals surface area (Å²) in [5.74, 6) is 1.67. The minimum Gasteiger partial charge on any atom is -0.370 e. The van der Waals surface area contributed by atoms with Crippen LogP contribution in [0, 0.1) is 5.92 Å². The Morgan fingerprint density at radius 3 is 2.85 bits per heavy atom. The predicted molar refractivity (Wildman–Crippen MR) is 81.5 cm³/mol. The van der Waals surface area contributed by atoms with Crippen LogP contribution in [0.15, 0.2) is 18.3 Å². The van der Waals surface area contributed by atoms with E-state index < -0.39 is 0 Å². The quantitative estimate of drug-likeness (QED) is 0.917. The van der Waals surface area contributed by atoms with Gasteiger partial charge in [-0.15, -0.1) is 0 Å². The van der Waals surface area contributed by atoms with Gasteiger partial charge in [-0.05, 0) is 36.8 Å². The monoisotopic (exact) mass is 275 g/mol. The van der Waals surface area contributed by atoms with Gasteiger partial charge in [0.2, 0.25) is 5.91 Å². The first-order chi connectivity index (χ1) is 9.58. The van der Waals surface area contributed by atoms with Gasteiger partial charge in [0, 0.05) is 26.2 Å². The van der Waals surface area contributed by atoms with Crippen LogP contribution >= 0.6 is 0 Å². The van der Waals surface area contributed by atoms with Gasteiger partial charge < -0.3 is 10.2 Å². The van der Waals surface area contributed by atoms with E-state index in [-0.39, 0.29) is 11.9 Å². The smallest absolute Gasteiger partial charge is 0.219 e. The van der Waals surface area contributed by atoms with Crippen molar-refractivity contribution in [2.24, 2.45) is 5.92 Å². The van der Waals surface area contributed by atoms with E-state index in [1.165, 1.54) is 6.42 Å². The number of carbonyl (C=O) groups is 1. The van der Waals surface area contributed by atoms with E-state index in [0.29, 0.717) is 5.92 Å². The molecule has 1 atom stereocenters. The molecule has 0 radical (unpaired) electrons. The summed E-state index contributed by atoms with van der Waals surface area (Å²) >= 11 is 0. The van der Waals surface area contributed by atoms with E-state index in [1.807, 2.05) is 17.2 Å². The van der Waals surface area contributed by atoms with Crippen LogP contribution in [-0.2, 0) is 4.79 Å². The summed E-state index contributed by atoms with van der Waals surface area (Å²) in [7, 11) is 0. The summed E-state index contributed by atoms with van der Waals surface area (Å²) < 4.78 is 0. The molecule has 4 nitrogen and oxygen atoms in total. The number of likely N-dealkylation sites (tertiary alicyclic amines) is 1. The number of amides is 1. The largest absolute Gasteiger partial charge is 0.370 e. The summed E-state index contributed by atoms with van der Waals surface area (Å²) in [5.41, 5.74) is 1.15. The third-order valence-corrected chi connectivity index (χ3v) is 3.77. The fourth-order valence-electron chi connectivity index (χ4n) is 2.67. The lowest BCUT2D eigenvalue weighted by Crippen LogP contribution is -2.36. The zero-order valence-electron chi connectivity index (χ0n) is 12.7. The van der Waals surface area contributed by atoms with Crippen molar-refractivity contribution in [1.29, 1.82) is 0 Å². The number of nitrogens with zero attached hydrogens (tertiary/aromatic N) is 2. The average Bonchev–Trinajstić information content (AvgIpc) is 2.45. The molecule has 2 rings (SSSR count). The molecule has 1 aliphatic heterocycles. The Bertz CT molecular complexity index is 442. The summed E-state index contributed by atoms with van der Waals surface area (Å²) in [6, 6.07) is 4.32. The van der Waals surface area contributed by atoms with Crippen molar-refractivity contribution in [1.82, 2.24) is 9.88 Å². The molecule has 1 saturated heterocycles. The minimum absolute atomic E-state index is 0.164.